The van der Waals surface area contributed by atoms with Crippen molar-refractivity contribution in [1.82, 2.24) is 5.32 Å². The summed E-state index contributed by atoms with van der Waals surface area (Å²) in [6, 6.07) is 7.49. The molecule has 0 bridgehead atoms. The second-order valence-corrected chi connectivity index (χ2v) is 7.67. The number of carbonyl (C=O) groups is 1. The fourth-order valence-electron chi connectivity index (χ4n) is 2.73. The van der Waals surface area contributed by atoms with E-state index in [4.69, 9.17) is 14.2 Å². The van der Waals surface area contributed by atoms with E-state index in [0.29, 0.717) is 25.5 Å². The molecule has 1 aliphatic rings. The molecule has 6 nitrogen and oxygen atoms in total. The summed E-state index contributed by atoms with van der Waals surface area (Å²) in [5.41, 5.74) is 0.249. The number of hydrogen-bond acceptors (Lipinski definition) is 5. The molecule has 1 aromatic rings. The Morgan fingerprint density at radius 3 is 2.77 bits per heavy atom. The first-order valence-corrected chi connectivity index (χ1v) is 9.29. The molecule has 0 aromatic heterocycles. The number of nitrogens with one attached hydrogen (secondary N) is 1. The van der Waals surface area contributed by atoms with Gasteiger partial charge in [0.1, 0.15) is 11.4 Å². The molecule has 0 spiro atoms. The van der Waals surface area contributed by atoms with Gasteiger partial charge in [-0.1, -0.05) is 12.1 Å². The van der Waals surface area contributed by atoms with Crippen LogP contribution in [0.25, 0.3) is 0 Å². The van der Waals surface area contributed by atoms with Crippen LogP contribution in [0.1, 0.15) is 51.7 Å². The van der Waals surface area contributed by atoms with Crippen molar-refractivity contribution in [3.05, 3.63) is 29.8 Å². The Hall–Kier alpha value is -1.79. The molecule has 1 saturated heterocycles. The standard InChI is InChI=1S/C20H31NO5/c1-20(2,3)26-19(23)21-10-7-18(22)16-5-4-6-17(13-16)25-14-15-8-11-24-12-9-15/h4-6,13,15,18,22H,7-12,14H2,1-3H3,(H,21,23). The predicted octanol–water partition coefficient (Wildman–Crippen LogP) is 3.44. The minimum atomic E-state index is -0.670. The molecule has 2 rings (SSSR count). The zero-order valence-corrected chi connectivity index (χ0v) is 16.0. The molecule has 26 heavy (non-hydrogen) atoms. The molecule has 1 amide bonds. The zero-order chi connectivity index (χ0) is 19.0. The fraction of sp³-hybridized carbons (Fsp3) is 0.650. The van der Waals surface area contributed by atoms with E-state index in [9.17, 15) is 9.90 Å². The number of aliphatic hydroxyl groups excluding tert-OH is 1. The Bertz CT molecular complexity index is 564. The van der Waals surface area contributed by atoms with E-state index in [2.05, 4.69) is 5.32 Å². The van der Waals surface area contributed by atoms with Gasteiger partial charge in [0, 0.05) is 19.8 Å². The summed E-state index contributed by atoms with van der Waals surface area (Å²) in [4.78, 5) is 11.6. The van der Waals surface area contributed by atoms with Crippen molar-refractivity contribution in [1.29, 1.82) is 0 Å². The summed E-state index contributed by atoms with van der Waals surface area (Å²) in [7, 11) is 0. The van der Waals surface area contributed by atoms with Crippen molar-refractivity contribution >= 4 is 6.09 Å². The largest absolute Gasteiger partial charge is 0.493 e. The average molecular weight is 365 g/mol. The number of benzene rings is 1. The molecule has 1 atom stereocenters. The molecular formula is C20H31NO5. The van der Waals surface area contributed by atoms with Crippen LogP contribution < -0.4 is 10.1 Å². The van der Waals surface area contributed by atoms with E-state index in [1.54, 1.807) is 0 Å². The Morgan fingerprint density at radius 2 is 2.08 bits per heavy atom. The van der Waals surface area contributed by atoms with Crippen molar-refractivity contribution in [2.45, 2.75) is 51.7 Å². The molecule has 1 aliphatic heterocycles. The lowest BCUT2D eigenvalue weighted by Crippen LogP contribution is -2.33. The number of amides is 1. The maximum atomic E-state index is 11.6. The zero-order valence-electron chi connectivity index (χ0n) is 16.0. The van der Waals surface area contributed by atoms with Gasteiger partial charge in [0.25, 0.3) is 0 Å². The van der Waals surface area contributed by atoms with Crippen LogP contribution in [0, 0.1) is 5.92 Å². The topological polar surface area (TPSA) is 77.0 Å². The van der Waals surface area contributed by atoms with Crippen LogP contribution in [-0.4, -0.2) is 43.2 Å². The first-order valence-electron chi connectivity index (χ1n) is 9.29. The number of carbonyl (C=O) groups excluding carboxylic acids is 1. The molecule has 0 radical (unpaired) electrons. The lowest BCUT2D eigenvalue weighted by molar-refractivity contribution is 0.0497. The minimum Gasteiger partial charge on any atom is -0.493 e. The third-order valence-electron chi connectivity index (χ3n) is 4.16. The fourth-order valence-corrected chi connectivity index (χ4v) is 2.73. The minimum absolute atomic E-state index is 0.337. The van der Waals surface area contributed by atoms with E-state index >= 15 is 0 Å². The quantitative estimate of drug-likeness (QED) is 0.774. The van der Waals surface area contributed by atoms with Crippen LogP contribution >= 0.6 is 0 Å². The second-order valence-electron chi connectivity index (χ2n) is 7.67. The van der Waals surface area contributed by atoms with Crippen molar-refractivity contribution in [2.24, 2.45) is 5.92 Å². The molecule has 0 saturated carbocycles. The molecule has 2 N–H and O–H groups in total. The van der Waals surface area contributed by atoms with E-state index in [-0.39, 0.29) is 0 Å². The van der Waals surface area contributed by atoms with Crippen molar-refractivity contribution in [3.8, 4) is 5.75 Å². The monoisotopic (exact) mass is 365 g/mol. The Kier molecular flexibility index (Phi) is 7.72. The molecule has 1 aromatic carbocycles. The molecular weight excluding hydrogens is 334 g/mol. The normalized spacial score (nSPS) is 16.8. The first kappa shape index (κ1) is 20.5. The summed E-state index contributed by atoms with van der Waals surface area (Å²) < 4.78 is 16.4. The summed E-state index contributed by atoms with van der Waals surface area (Å²) in [5, 5.41) is 13.0. The molecule has 146 valence electrons. The molecule has 6 heteroatoms. The van der Waals surface area contributed by atoms with Crippen molar-refractivity contribution < 1.29 is 24.1 Å². The maximum Gasteiger partial charge on any atom is 0.407 e. The SMILES string of the molecule is CC(C)(C)OC(=O)NCCC(O)c1cccc(OCC2CCOCC2)c1. The van der Waals surface area contributed by atoms with Crippen LogP contribution in [0.5, 0.6) is 5.75 Å². The number of alkyl carbamates (subject to hydrolysis) is 1. The van der Waals surface area contributed by atoms with E-state index in [1.807, 2.05) is 45.0 Å². The molecule has 0 aliphatic carbocycles. The Balaban J connectivity index is 1.76. The number of rotatable bonds is 7. The molecule has 1 fully saturated rings. The van der Waals surface area contributed by atoms with E-state index in [1.165, 1.54) is 0 Å². The van der Waals surface area contributed by atoms with Gasteiger partial charge in [-0.05, 0) is 63.6 Å². The van der Waals surface area contributed by atoms with Crippen LogP contribution in [-0.2, 0) is 9.47 Å². The third-order valence-corrected chi connectivity index (χ3v) is 4.16. The predicted molar refractivity (Wildman–Crippen MR) is 99.3 cm³/mol. The number of aliphatic hydroxyl groups is 1. The van der Waals surface area contributed by atoms with Crippen molar-refractivity contribution in [3.63, 3.8) is 0 Å². The summed E-state index contributed by atoms with van der Waals surface area (Å²) in [6.07, 6.45) is 1.31. The van der Waals surface area contributed by atoms with Gasteiger partial charge in [-0.3, -0.25) is 0 Å². The highest BCUT2D eigenvalue weighted by molar-refractivity contribution is 5.67. The smallest absolute Gasteiger partial charge is 0.407 e. The highest BCUT2D eigenvalue weighted by Crippen LogP contribution is 2.23. The molecule has 1 heterocycles. The van der Waals surface area contributed by atoms with Gasteiger partial charge < -0.3 is 24.6 Å². The van der Waals surface area contributed by atoms with E-state index in [0.717, 1.165) is 37.4 Å². The van der Waals surface area contributed by atoms with Gasteiger partial charge in [0.2, 0.25) is 0 Å². The average Bonchev–Trinajstić information content (AvgIpc) is 2.59. The van der Waals surface area contributed by atoms with Crippen LogP contribution in [0.15, 0.2) is 24.3 Å². The number of hydrogen-bond donors (Lipinski definition) is 2. The Labute approximate surface area is 155 Å². The van der Waals surface area contributed by atoms with Gasteiger partial charge in [-0.2, -0.15) is 0 Å². The first-order chi connectivity index (χ1) is 12.3. The highest BCUT2D eigenvalue weighted by Gasteiger charge is 2.17. The highest BCUT2D eigenvalue weighted by atomic mass is 16.6. The van der Waals surface area contributed by atoms with Gasteiger partial charge in [0.05, 0.1) is 12.7 Å². The van der Waals surface area contributed by atoms with Crippen LogP contribution in [0.3, 0.4) is 0 Å². The summed E-state index contributed by atoms with van der Waals surface area (Å²) in [5.74, 6) is 1.28. The van der Waals surface area contributed by atoms with Gasteiger partial charge in [-0.25, -0.2) is 4.79 Å². The lowest BCUT2D eigenvalue weighted by Gasteiger charge is -2.22. The third kappa shape index (κ3) is 7.62. The van der Waals surface area contributed by atoms with Crippen molar-refractivity contribution in [2.75, 3.05) is 26.4 Å². The molecule has 1 unspecified atom stereocenters. The van der Waals surface area contributed by atoms with E-state index < -0.39 is 17.8 Å². The lowest BCUT2D eigenvalue weighted by atomic mass is 10.0. The second kappa shape index (κ2) is 9.78. The van der Waals surface area contributed by atoms with Gasteiger partial charge >= 0.3 is 6.09 Å². The van der Waals surface area contributed by atoms with Gasteiger partial charge in [0.15, 0.2) is 0 Å². The van der Waals surface area contributed by atoms with Gasteiger partial charge in [-0.15, -0.1) is 0 Å². The Morgan fingerprint density at radius 1 is 1.35 bits per heavy atom. The van der Waals surface area contributed by atoms with Crippen LogP contribution in [0.2, 0.25) is 0 Å². The maximum absolute atomic E-state index is 11.6. The van der Waals surface area contributed by atoms with Crippen LogP contribution in [0.4, 0.5) is 4.79 Å². The summed E-state index contributed by atoms with van der Waals surface area (Å²) in [6.45, 7) is 8.05. The summed E-state index contributed by atoms with van der Waals surface area (Å²) >= 11 is 0. The number of ether oxygens (including phenoxy) is 3.